The maximum Gasteiger partial charge on any atom is 0.469 e. The van der Waals surface area contributed by atoms with Crippen molar-refractivity contribution < 1.29 is 43.0 Å². The standard InChI is InChI=1S/C37H63O9P/c1-4-34(38)28-24-20-16-11-9-7-5-6-8-10-12-17-21-25-29-36(39)44-31-35(32-45-47(41,42)43)46-37(40)30-26-22-18-14-13-15-19-23-27-33(2)3/h6-9,12,16-17,20,24,28,33-35,38H,4-5,10-11,13-15,18-19,21-23,25-27,29-32H2,1-3H3,(H2,41,42,43)/b8-6-,9-7-,17-12-,20-16-,28-24+/t34-,35+/m0/s1. The fourth-order valence-corrected chi connectivity index (χ4v) is 4.73. The second-order valence-electron chi connectivity index (χ2n) is 12.1. The number of carbonyl (C=O) groups is 2. The lowest BCUT2D eigenvalue weighted by Crippen LogP contribution is -2.29. The van der Waals surface area contributed by atoms with Crippen molar-refractivity contribution in [2.75, 3.05) is 13.2 Å². The molecule has 0 aliphatic carbocycles. The van der Waals surface area contributed by atoms with Gasteiger partial charge in [-0.25, -0.2) is 4.57 Å². The third kappa shape index (κ3) is 34.9. The van der Waals surface area contributed by atoms with Crippen LogP contribution in [0.3, 0.4) is 0 Å². The van der Waals surface area contributed by atoms with Crippen molar-refractivity contribution in [1.82, 2.24) is 0 Å². The molecule has 10 heteroatoms. The van der Waals surface area contributed by atoms with Crippen molar-refractivity contribution >= 4 is 19.8 Å². The van der Waals surface area contributed by atoms with Gasteiger partial charge in [-0.15, -0.1) is 0 Å². The van der Waals surface area contributed by atoms with Crippen LogP contribution in [0.25, 0.3) is 0 Å². The van der Waals surface area contributed by atoms with E-state index in [0.717, 1.165) is 44.4 Å². The fourth-order valence-electron chi connectivity index (χ4n) is 4.37. The quantitative estimate of drug-likeness (QED) is 0.0223. The monoisotopic (exact) mass is 682 g/mol. The number of aliphatic hydroxyl groups is 1. The molecule has 0 aliphatic heterocycles. The van der Waals surface area contributed by atoms with E-state index in [1.165, 1.54) is 32.1 Å². The average Bonchev–Trinajstić information content (AvgIpc) is 3.02. The Bertz CT molecular complexity index is 978. The third-order valence-corrected chi connectivity index (χ3v) is 7.62. The largest absolute Gasteiger partial charge is 0.469 e. The van der Waals surface area contributed by atoms with E-state index in [4.69, 9.17) is 19.3 Å². The lowest BCUT2D eigenvalue weighted by Gasteiger charge is -2.18. The number of hydrogen-bond donors (Lipinski definition) is 3. The highest BCUT2D eigenvalue weighted by Gasteiger charge is 2.22. The summed E-state index contributed by atoms with van der Waals surface area (Å²) in [5, 5.41) is 9.43. The van der Waals surface area contributed by atoms with E-state index in [2.05, 4.69) is 42.7 Å². The zero-order valence-electron chi connectivity index (χ0n) is 29.2. The molecule has 0 saturated carbocycles. The Morgan fingerprint density at radius 2 is 1.26 bits per heavy atom. The van der Waals surface area contributed by atoms with Crippen LogP contribution in [0.15, 0.2) is 60.8 Å². The predicted octanol–water partition coefficient (Wildman–Crippen LogP) is 9.00. The van der Waals surface area contributed by atoms with Gasteiger partial charge in [-0.3, -0.25) is 14.1 Å². The molecule has 270 valence electrons. The minimum atomic E-state index is -4.77. The molecule has 0 spiro atoms. The first-order valence-electron chi connectivity index (χ1n) is 17.5. The van der Waals surface area contributed by atoms with Crippen molar-refractivity contribution in [3.63, 3.8) is 0 Å². The second kappa shape index (κ2) is 31.0. The highest BCUT2D eigenvalue weighted by molar-refractivity contribution is 7.46. The lowest BCUT2D eigenvalue weighted by molar-refractivity contribution is -0.161. The molecule has 0 aromatic rings. The SMILES string of the molecule is CC[C@H](O)/C=C/C=C\C/C=C\C/C=C\C/C=C\CCCC(=O)OC[C@H](COP(=O)(O)O)OC(=O)CCCCCCCCCCC(C)C. The molecule has 3 N–H and O–H groups in total. The van der Waals surface area contributed by atoms with Crippen molar-refractivity contribution in [2.24, 2.45) is 5.92 Å². The first-order valence-corrected chi connectivity index (χ1v) is 19.1. The van der Waals surface area contributed by atoms with Gasteiger partial charge in [0.05, 0.1) is 12.7 Å². The van der Waals surface area contributed by atoms with Crippen LogP contribution in [0.4, 0.5) is 0 Å². The van der Waals surface area contributed by atoms with Gasteiger partial charge in [-0.05, 0) is 50.9 Å². The van der Waals surface area contributed by atoms with Gasteiger partial charge < -0.3 is 24.4 Å². The summed E-state index contributed by atoms with van der Waals surface area (Å²) in [5.41, 5.74) is 0. The molecule has 0 radical (unpaired) electrons. The van der Waals surface area contributed by atoms with Crippen LogP contribution < -0.4 is 0 Å². The molecule has 0 bridgehead atoms. The van der Waals surface area contributed by atoms with Crippen LogP contribution in [0.5, 0.6) is 0 Å². The first-order chi connectivity index (χ1) is 22.5. The summed E-state index contributed by atoms with van der Waals surface area (Å²) in [4.78, 5) is 42.5. The molecule has 0 fully saturated rings. The van der Waals surface area contributed by atoms with E-state index >= 15 is 0 Å². The van der Waals surface area contributed by atoms with E-state index in [0.29, 0.717) is 25.7 Å². The second-order valence-corrected chi connectivity index (χ2v) is 13.4. The molecule has 0 unspecified atom stereocenters. The maximum atomic E-state index is 12.3. The molecule has 0 aromatic carbocycles. The Hall–Kier alpha value is -2.29. The molecule has 0 amide bonds. The van der Waals surface area contributed by atoms with E-state index in [1.807, 2.05) is 37.3 Å². The summed E-state index contributed by atoms with van der Waals surface area (Å²) in [6, 6.07) is 0. The number of hydrogen-bond acceptors (Lipinski definition) is 7. The van der Waals surface area contributed by atoms with Crippen LogP contribution in [-0.2, 0) is 28.2 Å². The number of carbonyl (C=O) groups excluding carboxylic acids is 2. The summed E-state index contributed by atoms with van der Waals surface area (Å²) >= 11 is 0. The molecule has 0 aromatic heterocycles. The number of aliphatic hydroxyl groups excluding tert-OH is 1. The van der Waals surface area contributed by atoms with Gasteiger partial charge in [0.25, 0.3) is 0 Å². The summed E-state index contributed by atoms with van der Waals surface area (Å²) in [7, 11) is -4.77. The molecule has 0 saturated heterocycles. The molecule has 0 rings (SSSR count). The zero-order valence-corrected chi connectivity index (χ0v) is 30.1. The summed E-state index contributed by atoms with van der Waals surface area (Å²) in [6.07, 6.45) is 33.5. The third-order valence-electron chi connectivity index (χ3n) is 7.14. The van der Waals surface area contributed by atoms with Crippen LogP contribution in [0.2, 0.25) is 0 Å². The van der Waals surface area contributed by atoms with Crippen molar-refractivity contribution in [1.29, 1.82) is 0 Å². The Morgan fingerprint density at radius 3 is 1.85 bits per heavy atom. The van der Waals surface area contributed by atoms with Crippen molar-refractivity contribution in [3.8, 4) is 0 Å². The van der Waals surface area contributed by atoms with E-state index in [9.17, 15) is 19.3 Å². The average molecular weight is 683 g/mol. The highest BCUT2D eigenvalue weighted by Crippen LogP contribution is 2.35. The van der Waals surface area contributed by atoms with Crippen LogP contribution in [-0.4, -0.2) is 52.3 Å². The van der Waals surface area contributed by atoms with Crippen LogP contribution >= 0.6 is 7.82 Å². The van der Waals surface area contributed by atoms with Gasteiger partial charge in [0, 0.05) is 12.8 Å². The van der Waals surface area contributed by atoms with E-state index in [-0.39, 0.29) is 25.6 Å². The van der Waals surface area contributed by atoms with Crippen molar-refractivity contribution in [2.45, 2.75) is 142 Å². The van der Waals surface area contributed by atoms with Crippen LogP contribution in [0.1, 0.15) is 130 Å². The number of ether oxygens (including phenoxy) is 2. The Labute approximate surface area is 284 Å². The maximum absolute atomic E-state index is 12.3. The smallest absolute Gasteiger partial charge is 0.462 e. The minimum Gasteiger partial charge on any atom is -0.462 e. The molecule has 0 heterocycles. The Kier molecular flexibility index (Phi) is 29.5. The number of rotatable bonds is 30. The van der Waals surface area contributed by atoms with Gasteiger partial charge in [-0.2, -0.15) is 0 Å². The van der Waals surface area contributed by atoms with E-state index in [1.54, 1.807) is 6.08 Å². The molecular formula is C37H63O9P. The number of phosphoric acid groups is 1. The Balaban J connectivity index is 4.14. The van der Waals surface area contributed by atoms with Crippen LogP contribution in [0, 0.1) is 5.92 Å². The molecular weight excluding hydrogens is 619 g/mol. The van der Waals surface area contributed by atoms with Crippen molar-refractivity contribution in [3.05, 3.63) is 60.8 Å². The molecule has 0 aliphatic rings. The number of phosphoric ester groups is 1. The molecule has 9 nitrogen and oxygen atoms in total. The number of esters is 2. The summed E-state index contributed by atoms with van der Waals surface area (Å²) in [6.45, 7) is 5.54. The van der Waals surface area contributed by atoms with Gasteiger partial charge in [0.2, 0.25) is 0 Å². The van der Waals surface area contributed by atoms with Gasteiger partial charge in [0.1, 0.15) is 6.61 Å². The van der Waals surface area contributed by atoms with Gasteiger partial charge >= 0.3 is 19.8 Å². The normalized spacial score (nSPS) is 14.0. The zero-order chi connectivity index (χ0) is 35.0. The fraction of sp³-hybridized carbons (Fsp3) is 0.676. The Morgan fingerprint density at radius 1 is 0.702 bits per heavy atom. The predicted molar refractivity (Wildman–Crippen MR) is 190 cm³/mol. The minimum absolute atomic E-state index is 0.173. The van der Waals surface area contributed by atoms with Gasteiger partial charge in [-0.1, -0.05) is 133 Å². The van der Waals surface area contributed by atoms with E-state index < -0.39 is 32.5 Å². The topological polar surface area (TPSA) is 140 Å². The molecule has 2 atom stereocenters. The first kappa shape index (κ1) is 44.7. The lowest BCUT2D eigenvalue weighted by atomic mass is 10.0. The summed E-state index contributed by atoms with van der Waals surface area (Å²) in [5.74, 6) is -0.221. The van der Waals surface area contributed by atoms with Gasteiger partial charge in [0.15, 0.2) is 6.10 Å². The number of allylic oxidation sites excluding steroid dienone is 9. The number of unbranched alkanes of at least 4 members (excludes halogenated alkanes) is 8. The highest BCUT2D eigenvalue weighted by atomic mass is 31.2. The molecule has 47 heavy (non-hydrogen) atoms. The summed E-state index contributed by atoms with van der Waals surface area (Å²) < 4.78 is 26.2.